The van der Waals surface area contributed by atoms with Crippen molar-refractivity contribution in [2.45, 2.75) is 26.1 Å². The Morgan fingerprint density at radius 1 is 1.21 bits per heavy atom. The molecule has 0 spiro atoms. The fourth-order valence-corrected chi connectivity index (χ4v) is 2.89. The lowest BCUT2D eigenvalue weighted by Gasteiger charge is -2.17. The number of nitrogens with zero attached hydrogens (tertiary/aromatic N) is 2. The number of aromatic carboxylic acids is 1. The number of carboxylic acid groups (broad SMARTS) is 1. The van der Waals surface area contributed by atoms with Gasteiger partial charge in [-0.15, -0.1) is 0 Å². The number of fused-ring (bicyclic) bond motifs is 1. The number of ether oxygens (including phenoxy) is 1. The lowest BCUT2D eigenvalue weighted by Crippen LogP contribution is -2.13. The van der Waals surface area contributed by atoms with E-state index in [2.05, 4.69) is 0 Å². The molecule has 0 aliphatic heterocycles. The Labute approximate surface area is 158 Å². The largest absolute Gasteiger partial charge is 0.490 e. The van der Waals surface area contributed by atoms with Crippen LogP contribution in [-0.4, -0.2) is 21.7 Å². The van der Waals surface area contributed by atoms with E-state index in [0.29, 0.717) is 11.1 Å². The maximum atomic E-state index is 13.6. The van der Waals surface area contributed by atoms with Crippen LogP contribution in [0.1, 0.15) is 35.3 Å². The monoisotopic (exact) mass is 388 g/mol. The predicted octanol–water partition coefficient (Wildman–Crippen LogP) is 5.01. The minimum absolute atomic E-state index is 0.0457. The third-order valence-corrected chi connectivity index (χ3v) is 4.09. The van der Waals surface area contributed by atoms with Crippen molar-refractivity contribution in [3.05, 3.63) is 59.3 Å². The number of carbonyl (C=O) groups is 1. The molecule has 8 heteroatoms. The van der Waals surface area contributed by atoms with Crippen molar-refractivity contribution < 1.29 is 27.8 Å². The van der Waals surface area contributed by atoms with Gasteiger partial charge in [-0.25, -0.2) is 4.79 Å². The highest BCUT2D eigenvalue weighted by Gasteiger charge is 2.36. The minimum atomic E-state index is -4.65. The Morgan fingerprint density at radius 2 is 1.86 bits per heavy atom. The van der Waals surface area contributed by atoms with E-state index < -0.39 is 23.8 Å². The second-order valence-electron chi connectivity index (χ2n) is 6.41. The van der Waals surface area contributed by atoms with Gasteiger partial charge in [-0.2, -0.15) is 18.4 Å². The molecule has 3 aromatic rings. The van der Waals surface area contributed by atoms with Crippen molar-refractivity contribution in [3.8, 4) is 17.5 Å². The van der Waals surface area contributed by atoms with E-state index in [1.54, 1.807) is 13.8 Å². The van der Waals surface area contributed by atoms with Gasteiger partial charge >= 0.3 is 12.1 Å². The van der Waals surface area contributed by atoms with E-state index in [4.69, 9.17) is 9.84 Å². The van der Waals surface area contributed by atoms with Crippen molar-refractivity contribution in [1.82, 2.24) is 4.57 Å². The average Bonchev–Trinajstić information content (AvgIpc) is 2.97. The van der Waals surface area contributed by atoms with Crippen LogP contribution in [0.3, 0.4) is 0 Å². The summed E-state index contributed by atoms with van der Waals surface area (Å²) in [6, 6.07) is 9.76. The molecule has 0 aliphatic carbocycles. The van der Waals surface area contributed by atoms with Gasteiger partial charge in [-0.1, -0.05) is 0 Å². The lowest BCUT2D eigenvalue weighted by atomic mass is 10.1. The number of halogens is 3. The summed E-state index contributed by atoms with van der Waals surface area (Å²) in [6.45, 7) is 3.23. The fraction of sp³-hybridized carbons (Fsp3) is 0.200. The summed E-state index contributed by atoms with van der Waals surface area (Å²) in [5.74, 6) is -1.46. The third-order valence-electron chi connectivity index (χ3n) is 4.09. The molecule has 1 N–H and O–H groups in total. The first kappa shape index (κ1) is 19.3. The van der Waals surface area contributed by atoms with Gasteiger partial charge in [0.25, 0.3) is 0 Å². The zero-order chi connectivity index (χ0) is 20.6. The molecule has 0 aliphatic rings. The normalized spacial score (nSPS) is 11.6. The van der Waals surface area contributed by atoms with E-state index >= 15 is 0 Å². The van der Waals surface area contributed by atoms with Crippen molar-refractivity contribution in [2.24, 2.45) is 0 Å². The van der Waals surface area contributed by atoms with Crippen molar-refractivity contribution in [2.75, 3.05) is 0 Å². The highest BCUT2D eigenvalue weighted by Crippen LogP contribution is 2.40. The number of aromatic nitrogens is 1. The van der Waals surface area contributed by atoms with E-state index in [1.165, 1.54) is 41.1 Å². The quantitative estimate of drug-likeness (QED) is 0.682. The van der Waals surface area contributed by atoms with Crippen LogP contribution in [0.15, 0.2) is 42.6 Å². The van der Waals surface area contributed by atoms with Gasteiger partial charge in [0.1, 0.15) is 11.8 Å². The Balaban J connectivity index is 2.27. The molecule has 0 bridgehead atoms. The van der Waals surface area contributed by atoms with Crippen LogP contribution in [0.25, 0.3) is 16.6 Å². The van der Waals surface area contributed by atoms with Crippen molar-refractivity contribution >= 4 is 16.9 Å². The number of hydrogen-bond donors (Lipinski definition) is 1. The predicted molar refractivity (Wildman–Crippen MR) is 95.7 cm³/mol. The van der Waals surface area contributed by atoms with E-state index in [9.17, 15) is 23.2 Å². The minimum Gasteiger partial charge on any atom is -0.490 e. The van der Waals surface area contributed by atoms with Gasteiger partial charge in [0.15, 0.2) is 0 Å². The highest BCUT2D eigenvalue weighted by atomic mass is 19.4. The molecule has 5 nitrogen and oxygen atoms in total. The molecular formula is C20H15F3N2O3. The van der Waals surface area contributed by atoms with Crippen molar-refractivity contribution in [3.63, 3.8) is 0 Å². The van der Waals surface area contributed by atoms with E-state index in [-0.39, 0.29) is 22.4 Å². The molecule has 0 saturated carbocycles. The second kappa shape index (κ2) is 6.93. The Bertz CT molecular complexity index is 1090. The van der Waals surface area contributed by atoms with Crippen LogP contribution in [0.2, 0.25) is 0 Å². The molecule has 1 heterocycles. The number of rotatable bonds is 4. The fourth-order valence-electron chi connectivity index (χ4n) is 2.89. The summed E-state index contributed by atoms with van der Waals surface area (Å²) >= 11 is 0. The first-order valence-corrected chi connectivity index (χ1v) is 8.28. The van der Waals surface area contributed by atoms with Gasteiger partial charge in [-0.05, 0) is 50.2 Å². The second-order valence-corrected chi connectivity index (χ2v) is 6.41. The third kappa shape index (κ3) is 3.51. The van der Waals surface area contributed by atoms with Crippen LogP contribution >= 0.6 is 0 Å². The number of nitriles is 1. The molecule has 0 fully saturated rings. The summed E-state index contributed by atoms with van der Waals surface area (Å²) in [4.78, 5) is 11.0. The maximum Gasteiger partial charge on any atom is 0.420 e. The van der Waals surface area contributed by atoms with E-state index in [1.807, 2.05) is 6.07 Å². The molecule has 144 valence electrons. The average molecular weight is 388 g/mol. The van der Waals surface area contributed by atoms with Gasteiger partial charge in [-0.3, -0.25) is 0 Å². The van der Waals surface area contributed by atoms with Crippen LogP contribution in [0, 0.1) is 11.3 Å². The molecule has 0 saturated heterocycles. The number of carboxylic acids is 1. The molecule has 28 heavy (non-hydrogen) atoms. The zero-order valence-electron chi connectivity index (χ0n) is 14.9. The molecule has 2 aromatic carbocycles. The summed E-state index contributed by atoms with van der Waals surface area (Å²) in [5, 5.41) is 18.7. The number of hydrogen-bond acceptors (Lipinski definition) is 3. The van der Waals surface area contributed by atoms with Gasteiger partial charge in [0, 0.05) is 17.3 Å². The first-order chi connectivity index (χ1) is 13.1. The zero-order valence-corrected chi connectivity index (χ0v) is 14.9. The van der Waals surface area contributed by atoms with Crippen LogP contribution < -0.4 is 4.74 Å². The van der Waals surface area contributed by atoms with Crippen LogP contribution in [-0.2, 0) is 6.18 Å². The number of benzene rings is 2. The number of alkyl halides is 3. The molecule has 0 unspecified atom stereocenters. The maximum absolute atomic E-state index is 13.6. The first-order valence-electron chi connectivity index (χ1n) is 8.28. The Morgan fingerprint density at radius 3 is 2.36 bits per heavy atom. The molecule has 1 aromatic heterocycles. The smallest absolute Gasteiger partial charge is 0.420 e. The molecule has 0 atom stereocenters. The molecule has 0 amide bonds. The Kier molecular flexibility index (Phi) is 4.77. The van der Waals surface area contributed by atoms with Gasteiger partial charge < -0.3 is 14.4 Å². The topological polar surface area (TPSA) is 75.2 Å². The summed E-state index contributed by atoms with van der Waals surface area (Å²) in [7, 11) is 0. The highest BCUT2D eigenvalue weighted by molar-refractivity contribution is 5.91. The molecule has 3 rings (SSSR count). The summed E-state index contributed by atoms with van der Waals surface area (Å²) in [5.41, 5.74) is -0.117. The molecular weight excluding hydrogens is 373 g/mol. The lowest BCUT2D eigenvalue weighted by molar-refractivity contribution is -0.139. The summed E-state index contributed by atoms with van der Waals surface area (Å²) < 4.78 is 47.5. The summed E-state index contributed by atoms with van der Waals surface area (Å²) in [6.07, 6.45) is -3.71. The van der Waals surface area contributed by atoms with Crippen molar-refractivity contribution in [1.29, 1.82) is 5.26 Å². The standard InChI is InChI=1S/C20H15F3N2O3/c1-11(2)28-18-7-15-13(9-24)10-25(17(15)8-16(18)20(21,22)23)14-5-3-12(4-6-14)19(26)27/h3-8,10-11H,1-2H3,(H,26,27). The Hall–Kier alpha value is -3.47. The van der Waals surface area contributed by atoms with Crippen LogP contribution in [0.4, 0.5) is 13.2 Å². The van der Waals surface area contributed by atoms with E-state index in [0.717, 1.165) is 6.07 Å². The van der Waals surface area contributed by atoms with Gasteiger partial charge in [0.05, 0.1) is 28.3 Å². The van der Waals surface area contributed by atoms with Gasteiger partial charge in [0.2, 0.25) is 0 Å². The SMILES string of the molecule is CC(C)Oc1cc2c(C#N)cn(-c3ccc(C(=O)O)cc3)c2cc1C(F)(F)F. The molecule has 0 radical (unpaired) electrons. The van der Waals surface area contributed by atoms with Crippen LogP contribution in [0.5, 0.6) is 5.75 Å².